The predicted molar refractivity (Wildman–Crippen MR) is 45.6 cm³/mol. The Balaban J connectivity index is 3.52. The minimum atomic E-state index is -5.37. The number of halogens is 8. The van der Waals surface area contributed by atoms with E-state index in [1.165, 1.54) is 0 Å². The summed E-state index contributed by atoms with van der Waals surface area (Å²) in [5.41, 5.74) is -5.54. The molecule has 0 aliphatic rings. The second kappa shape index (κ2) is 5.10. The van der Waals surface area contributed by atoms with Gasteiger partial charge in [0, 0.05) is 6.07 Å². The van der Waals surface area contributed by atoms with Gasteiger partial charge < -0.3 is 4.74 Å². The lowest BCUT2D eigenvalue weighted by Crippen LogP contribution is -2.20. The molecule has 0 saturated carbocycles. The van der Waals surface area contributed by atoms with Gasteiger partial charge in [-0.1, -0.05) is 0 Å². The Kier molecular flexibility index (Phi) is 4.07. The van der Waals surface area contributed by atoms with Crippen molar-refractivity contribution in [3.05, 3.63) is 22.9 Å². The van der Waals surface area contributed by atoms with Crippen molar-refractivity contribution in [1.29, 1.82) is 5.26 Å². The summed E-state index contributed by atoms with van der Waals surface area (Å²) in [6, 6.07) is 0.871. The fourth-order valence-corrected chi connectivity index (χ4v) is 1.26. The van der Waals surface area contributed by atoms with Gasteiger partial charge in [0.1, 0.15) is 17.3 Å². The molecule has 0 saturated heterocycles. The lowest BCUT2D eigenvalue weighted by atomic mass is 10.1. The van der Waals surface area contributed by atoms with Crippen LogP contribution in [0.4, 0.5) is 35.1 Å². The van der Waals surface area contributed by atoms with Crippen LogP contribution in [-0.2, 0) is 6.18 Å². The zero-order valence-electron chi connectivity index (χ0n) is 8.98. The molecule has 0 atom stereocenters. The van der Waals surface area contributed by atoms with Crippen LogP contribution in [0.1, 0.15) is 23.2 Å². The Morgan fingerprint density at radius 3 is 2.05 bits per heavy atom. The maximum Gasteiger partial charge on any atom is 0.574 e. The van der Waals surface area contributed by atoms with Crippen molar-refractivity contribution in [2.45, 2.75) is 19.0 Å². The van der Waals surface area contributed by atoms with E-state index in [0.29, 0.717) is 0 Å². The van der Waals surface area contributed by atoms with E-state index in [1.807, 2.05) is 0 Å². The number of aromatic nitrogens is 1. The Morgan fingerprint density at radius 1 is 1.15 bits per heavy atom. The summed E-state index contributed by atoms with van der Waals surface area (Å²) in [5.74, 6) is -1.57. The average molecular weight is 306 g/mol. The van der Waals surface area contributed by atoms with Gasteiger partial charge in [-0.15, -0.1) is 13.2 Å². The van der Waals surface area contributed by atoms with Crippen molar-refractivity contribution in [1.82, 2.24) is 4.98 Å². The highest BCUT2D eigenvalue weighted by Crippen LogP contribution is 2.39. The molecule has 110 valence electrons. The maximum atomic E-state index is 12.5. The topological polar surface area (TPSA) is 45.9 Å². The molecule has 1 aromatic heterocycles. The molecule has 1 aromatic rings. The highest BCUT2D eigenvalue weighted by atomic mass is 19.4. The highest BCUT2D eigenvalue weighted by molar-refractivity contribution is 5.45. The van der Waals surface area contributed by atoms with Gasteiger partial charge in [-0.3, -0.25) is 0 Å². The summed E-state index contributed by atoms with van der Waals surface area (Å²) < 4.78 is 101. The van der Waals surface area contributed by atoms with Gasteiger partial charge in [0.2, 0.25) is 5.88 Å². The van der Waals surface area contributed by atoms with Gasteiger partial charge in [0.05, 0.1) is 5.56 Å². The molecular formula is C9H2F8N2O. The summed E-state index contributed by atoms with van der Waals surface area (Å²) in [6.07, 6.45) is -14.6. The molecule has 0 bridgehead atoms. The first-order chi connectivity index (χ1) is 8.95. The minimum Gasteiger partial charge on any atom is -0.388 e. The fourth-order valence-electron chi connectivity index (χ4n) is 1.26. The van der Waals surface area contributed by atoms with Crippen LogP contribution in [0.3, 0.4) is 0 Å². The largest absolute Gasteiger partial charge is 0.574 e. The monoisotopic (exact) mass is 306 g/mol. The number of nitriles is 1. The molecule has 0 aliphatic heterocycles. The molecule has 3 nitrogen and oxygen atoms in total. The first-order valence-electron chi connectivity index (χ1n) is 4.52. The molecule has 0 aromatic carbocycles. The van der Waals surface area contributed by atoms with Crippen molar-refractivity contribution >= 4 is 0 Å². The quantitative estimate of drug-likeness (QED) is 0.781. The van der Waals surface area contributed by atoms with E-state index in [0.717, 1.165) is 6.07 Å². The third kappa shape index (κ3) is 3.69. The Labute approximate surface area is 105 Å². The number of hydrogen-bond donors (Lipinski definition) is 0. The summed E-state index contributed by atoms with van der Waals surface area (Å²) >= 11 is 0. The molecule has 0 fully saturated rings. The van der Waals surface area contributed by atoms with Crippen molar-refractivity contribution in [3.63, 3.8) is 0 Å². The van der Waals surface area contributed by atoms with Crippen LogP contribution in [0, 0.1) is 11.3 Å². The zero-order chi connectivity index (χ0) is 15.7. The molecule has 0 spiro atoms. The second-order valence-electron chi connectivity index (χ2n) is 3.23. The van der Waals surface area contributed by atoms with E-state index in [4.69, 9.17) is 5.26 Å². The van der Waals surface area contributed by atoms with E-state index in [1.54, 1.807) is 0 Å². The first-order valence-corrected chi connectivity index (χ1v) is 4.52. The van der Waals surface area contributed by atoms with E-state index in [9.17, 15) is 35.1 Å². The van der Waals surface area contributed by atoms with Crippen molar-refractivity contribution in [3.8, 4) is 11.9 Å². The number of hydrogen-bond acceptors (Lipinski definition) is 3. The van der Waals surface area contributed by atoms with Gasteiger partial charge in [0.15, 0.2) is 0 Å². The number of alkyl halides is 8. The molecule has 11 heteroatoms. The Morgan fingerprint density at radius 2 is 1.70 bits per heavy atom. The molecule has 0 unspecified atom stereocenters. The van der Waals surface area contributed by atoms with Crippen LogP contribution in [-0.4, -0.2) is 11.3 Å². The molecule has 0 amide bonds. The van der Waals surface area contributed by atoms with Crippen LogP contribution < -0.4 is 4.74 Å². The van der Waals surface area contributed by atoms with Gasteiger partial charge in [-0.2, -0.15) is 18.4 Å². The third-order valence-electron chi connectivity index (χ3n) is 1.85. The number of pyridine rings is 1. The van der Waals surface area contributed by atoms with Crippen molar-refractivity contribution in [2.75, 3.05) is 0 Å². The molecule has 1 rings (SSSR count). The predicted octanol–water partition coefficient (Wildman–Crippen LogP) is 3.81. The molecule has 1 heterocycles. The van der Waals surface area contributed by atoms with Crippen LogP contribution in [0.15, 0.2) is 6.07 Å². The van der Waals surface area contributed by atoms with Crippen LogP contribution in [0.5, 0.6) is 5.88 Å². The number of nitrogens with zero attached hydrogens (tertiary/aromatic N) is 2. The first kappa shape index (κ1) is 15.9. The number of rotatable bonds is 2. The Hall–Kier alpha value is -2.12. The summed E-state index contributed by atoms with van der Waals surface area (Å²) in [6.45, 7) is 0. The van der Waals surface area contributed by atoms with Gasteiger partial charge in [-0.25, -0.2) is 13.8 Å². The molecule has 0 aliphatic carbocycles. The minimum absolute atomic E-state index is 0.0117. The summed E-state index contributed by atoms with van der Waals surface area (Å²) in [4.78, 5) is 2.47. The van der Waals surface area contributed by atoms with Crippen LogP contribution in [0.2, 0.25) is 0 Å². The average Bonchev–Trinajstić information content (AvgIpc) is 2.23. The third-order valence-corrected chi connectivity index (χ3v) is 1.85. The van der Waals surface area contributed by atoms with Crippen molar-refractivity contribution in [2.24, 2.45) is 0 Å². The highest BCUT2D eigenvalue weighted by Gasteiger charge is 2.41. The normalized spacial score (nSPS) is 12.4. The lowest BCUT2D eigenvalue weighted by molar-refractivity contribution is -0.276. The van der Waals surface area contributed by atoms with E-state index in [2.05, 4.69) is 9.72 Å². The van der Waals surface area contributed by atoms with Crippen LogP contribution in [0.25, 0.3) is 0 Å². The number of ether oxygens (including phenoxy) is 1. The van der Waals surface area contributed by atoms with Gasteiger partial charge >= 0.3 is 12.5 Å². The van der Waals surface area contributed by atoms with Gasteiger partial charge in [0.25, 0.3) is 6.43 Å². The standard InChI is InChI=1S/C9H2F8N2O/c10-7(11)6-5(8(12,13)14)3(2-18)1-4(19-6)20-9(15,16)17/h1,7H. The van der Waals surface area contributed by atoms with Crippen molar-refractivity contribution < 1.29 is 39.9 Å². The molecular weight excluding hydrogens is 304 g/mol. The fraction of sp³-hybridized carbons (Fsp3) is 0.333. The van der Waals surface area contributed by atoms with Crippen LogP contribution >= 0.6 is 0 Å². The SMILES string of the molecule is N#Cc1cc(OC(F)(F)F)nc(C(F)F)c1C(F)(F)F. The van der Waals surface area contributed by atoms with E-state index >= 15 is 0 Å². The summed E-state index contributed by atoms with van der Waals surface area (Å²) in [7, 11) is 0. The summed E-state index contributed by atoms with van der Waals surface area (Å²) in [5, 5.41) is 8.45. The molecule has 0 radical (unpaired) electrons. The molecule has 0 N–H and O–H groups in total. The van der Waals surface area contributed by atoms with E-state index < -0.39 is 41.7 Å². The zero-order valence-corrected chi connectivity index (χ0v) is 8.98. The Bertz CT molecular complexity index is 543. The smallest absolute Gasteiger partial charge is 0.388 e. The second-order valence-corrected chi connectivity index (χ2v) is 3.23. The molecule has 20 heavy (non-hydrogen) atoms. The van der Waals surface area contributed by atoms with E-state index in [-0.39, 0.29) is 6.07 Å². The lowest BCUT2D eigenvalue weighted by Gasteiger charge is -2.15. The van der Waals surface area contributed by atoms with Gasteiger partial charge in [-0.05, 0) is 0 Å². The maximum absolute atomic E-state index is 12.5.